The Hall–Kier alpha value is -4.80. The Bertz CT molecular complexity index is 1900. The van der Waals surface area contributed by atoms with Crippen LogP contribution in [0.4, 0.5) is 19.3 Å². The molecule has 0 aromatic heterocycles. The molecule has 4 unspecified atom stereocenters. The number of hydrogen-bond acceptors (Lipinski definition) is 6. The molecule has 54 heavy (non-hydrogen) atoms. The Morgan fingerprint density at radius 3 is 2.00 bits per heavy atom. The van der Waals surface area contributed by atoms with Crippen LogP contribution >= 0.6 is 0 Å². The molecule has 0 spiro atoms. The van der Waals surface area contributed by atoms with E-state index in [4.69, 9.17) is 14.0 Å². The first-order chi connectivity index (χ1) is 25.8. The lowest BCUT2D eigenvalue weighted by molar-refractivity contribution is -0.134. The fourth-order valence-corrected chi connectivity index (χ4v) is 7.49. The van der Waals surface area contributed by atoms with Gasteiger partial charge in [0.25, 0.3) is 0 Å². The van der Waals surface area contributed by atoms with Gasteiger partial charge in [0.15, 0.2) is 0 Å². The number of allylic oxidation sites excluding steroid dienone is 2. The molecule has 4 atom stereocenters. The zero-order valence-electron chi connectivity index (χ0n) is 31.9. The number of nitrogens with zero attached hydrogens (tertiary/aromatic N) is 2. The molecule has 2 fully saturated rings. The monoisotopic (exact) mass is 734 g/mol. The van der Waals surface area contributed by atoms with E-state index in [1.807, 2.05) is 102 Å². The number of halogens is 2. The quantitative estimate of drug-likeness (QED) is 0.101. The van der Waals surface area contributed by atoms with Crippen molar-refractivity contribution in [2.75, 3.05) is 18.1 Å². The van der Waals surface area contributed by atoms with E-state index in [2.05, 4.69) is 11.0 Å². The van der Waals surface area contributed by atoms with Gasteiger partial charge >= 0.3 is 13.2 Å². The molecule has 0 N–H and O–H groups in total. The van der Waals surface area contributed by atoms with E-state index < -0.39 is 42.4 Å². The highest BCUT2D eigenvalue weighted by atomic mass is 19.1. The predicted molar refractivity (Wildman–Crippen MR) is 208 cm³/mol. The van der Waals surface area contributed by atoms with Gasteiger partial charge in [-0.2, -0.15) is 0 Å². The molecule has 4 aromatic carbocycles. The first-order valence-electron chi connectivity index (χ1n) is 18.7. The number of hydrogen-bond donors (Lipinski definition) is 0. The van der Waals surface area contributed by atoms with Crippen molar-refractivity contribution in [1.29, 1.82) is 0 Å². The average Bonchev–Trinajstić information content (AvgIpc) is 3.65. The molecule has 0 radical (unpaired) electrons. The lowest BCUT2D eigenvalue weighted by atomic mass is 9.77. The van der Waals surface area contributed by atoms with Crippen LogP contribution in [0.5, 0.6) is 0 Å². The maximum atomic E-state index is 15.3. The van der Waals surface area contributed by atoms with Gasteiger partial charge < -0.3 is 18.9 Å². The molecule has 2 saturated heterocycles. The van der Waals surface area contributed by atoms with E-state index in [-0.39, 0.29) is 30.1 Å². The number of anilines is 1. The number of carbonyl (C=O) groups is 2. The third-order valence-corrected chi connectivity index (χ3v) is 11.1. The Morgan fingerprint density at radius 2 is 1.43 bits per heavy atom. The number of cyclic esters (lactones) is 1. The third kappa shape index (κ3) is 8.15. The van der Waals surface area contributed by atoms with Gasteiger partial charge in [0.2, 0.25) is 5.91 Å². The number of ether oxygens (including phenoxy) is 1. The van der Waals surface area contributed by atoms with Crippen LogP contribution in [0.2, 0.25) is 0 Å². The summed E-state index contributed by atoms with van der Waals surface area (Å²) < 4.78 is 46.6. The van der Waals surface area contributed by atoms with E-state index in [0.29, 0.717) is 19.4 Å². The van der Waals surface area contributed by atoms with Crippen LogP contribution in [0.25, 0.3) is 0 Å². The standard InChI is InChI=1S/C44H49BF2N2O5/c1-7-12-30(31-17-22-35(46)23-18-31)19-28-38(41(50)49-39(29-52-42(49)51)32-13-10-9-11-14-32)40(48(8-2)37-26-24-36(47)25-27-37)33-15-20-34(21-16-33)45-53-43(3,4)44(5,6)54-45/h7,9-18,20-27,30,38-40H,8,19,28-29H2,1-6H3. The van der Waals surface area contributed by atoms with Crippen molar-refractivity contribution in [3.63, 3.8) is 0 Å². The zero-order valence-corrected chi connectivity index (χ0v) is 31.9. The minimum atomic E-state index is -0.775. The van der Waals surface area contributed by atoms with Crippen molar-refractivity contribution in [2.24, 2.45) is 5.92 Å². The molecule has 7 nitrogen and oxygen atoms in total. The molecule has 6 rings (SSSR count). The van der Waals surface area contributed by atoms with Gasteiger partial charge in [-0.1, -0.05) is 78.9 Å². The van der Waals surface area contributed by atoms with Gasteiger partial charge in [0, 0.05) is 18.2 Å². The van der Waals surface area contributed by atoms with Crippen LogP contribution in [0.1, 0.15) is 89.1 Å². The molecule has 0 bridgehead atoms. The first-order valence-corrected chi connectivity index (χ1v) is 18.7. The molecule has 2 amide bonds. The van der Waals surface area contributed by atoms with Crippen molar-refractivity contribution < 1.29 is 32.4 Å². The fourth-order valence-electron chi connectivity index (χ4n) is 7.49. The second-order valence-electron chi connectivity index (χ2n) is 15.0. The van der Waals surface area contributed by atoms with Gasteiger partial charge in [-0.25, -0.2) is 18.5 Å². The molecule has 10 heteroatoms. The lowest BCUT2D eigenvalue weighted by Crippen LogP contribution is -2.45. The zero-order chi connectivity index (χ0) is 38.6. The van der Waals surface area contributed by atoms with Gasteiger partial charge in [0.1, 0.15) is 24.3 Å². The Morgan fingerprint density at radius 1 is 0.852 bits per heavy atom. The summed E-state index contributed by atoms with van der Waals surface area (Å²) in [6.07, 6.45) is 4.20. The van der Waals surface area contributed by atoms with Crippen LogP contribution in [0.15, 0.2) is 115 Å². The van der Waals surface area contributed by atoms with Gasteiger partial charge in [-0.3, -0.25) is 4.79 Å². The smallest absolute Gasteiger partial charge is 0.446 e. The molecule has 282 valence electrons. The summed E-state index contributed by atoms with van der Waals surface area (Å²) in [5.41, 5.74) is 3.05. The second kappa shape index (κ2) is 16.3. The number of carbonyl (C=O) groups excluding carboxylic acids is 2. The van der Waals surface area contributed by atoms with E-state index in [9.17, 15) is 13.6 Å². The van der Waals surface area contributed by atoms with E-state index in [1.165, 1.54) is 29.2 Å². The minimum absolute atomic E-state index is 0.0426. The van der Waals surface area contributed by atoms with E-state index in [1.54, 1.807) is 24.3 Å². The first kappa shape index (κ1) is 38.9. The summed E-state index contributed by atoms with van der Waals surface area (Å²) in [4.78, 5) is 32.2. The molecular weight excluding hydrogens is 685 g/mol. The Kier molecular flexibility index (Phi) is 11.7. The van der Waals surface area contributed by atoms with Crippen LogP contribution in [-0.4, -0.2) is 48.4 Å². The number of benzene rings is 4. The molecule has 2 aliphatic heterocycles. The third-order valence-electron chi connectivity index (χ3n) is 11.1. The summed E-state index contributed by atoms with van der Waals surface area (Å²) in [5, 5.41) is 0. The van der Waals surface area contributed by atoms with Gasteiger partial charge in [0.05, 0.1) is 23.2 Å². The van der Waals surface area contributed by atoms with Crippen LogP contribution in [0.3, 0.4) is 0 Å². The summed E-state index contributed by atoms with van der Waals surface area (Å²) in [5.74, 6) is -1.97. The summed E-state index contributed by atoms with van der Waals surface area (Å²) in [6.45, 7) is 12.5. The summed E-state index contributed by atoms with van der Waals surface area (Å²) in [6, 6.07) is 28.8. The Balaban J connectivity index is 1.46. The van der Waals surface area contributed by atoms with Crippen LogP contribution < -0.4 is 10.4 Å². The van der Waals surface area contributed by atoms with Crippen LogP contribution in [0, 0.1) is 17.6 Å². The number of rotatable bonds is 13. The van der Waals surface area contributed by atoms with E-state index >= 15 is 4.79 Å². The van der Waals surface area contributed by atoms with Crippen molar-refractivity contribution in [3.8, 4) is 0 Å². The minimum Gasteiger partial charge on any atom is -0.446 e. The molecular formula is C44H49BF2N2O5. The molecule has 4 aromatic rings. The lowest BCUT2D eigenvalue weighted by Gasteiger charge is -2.40. The Labute approximate surface area is 318 Å². The van der Waals surface area contributed by atoms with E-state index in [0.717, 1.165) is 27.8 Å². The van der Waals surface area contributed by atoms with Crippen molar-refractivity contribution in [2.45, 2.75) is 83.6 Å². The van der Waals surface area contributed by atoms with Gasteiger partial charge in [-0.05, 0) is 113 Å². The maximum Gasteiger partial charge on any atom is 0.494 e. The van der Waals surface area contributed by atoms with Crippen LogP contribution in [-0.2, 0) is 18.8 Å². The number of amides is 2. The largest absolute Gasteiger partial charge is 0.494 e. The van der Waals surface area contributed by atoms with Crippen molar-refractivity contribution >= 4 is 30.3 Å². The normalized spacial score (nSPS) is 19.5. The highest BCUT2D eigenvalue weighted by Gasteiger charge is 2.52. The SMILES string of the molecule is CC=CC(CCC(C(=O)N1C(=O)OCC1c1ccccc1)C(c1ccc(B2OC(C)(C)C(C)(C)O2)cc1)N(CC)c1ccc(F)cc1)c1ccc(F)cc1. The topological polar surface area (TPSA) is 68.3 Å². The summed E-state index contributed by atoms with van der Waals surface area (Å²) >= 11 is 0. The fraction of sp³-hybridized carbons (Fsp3) is 0.364. The second-order valence-corrected chi connectivity index (χ2v) is 15.0. The highest BCUT2D eigenvalue weighted by Crippen LogP contribution is 2.42. The molecule has 0 aliphatic carbocycles. The molecule has 2 aliphatic rings. The van der Waals surface area contributed by atoms with Crippen molar-refractivity contribution in [1.82, 2.24) is 4.90 Å². The average molecular weight is 735 g/mol. The highest BCUT2D eigenvalue weighted by molar-refractivity contribution is 6.62. The maximum absolute atomic E-state index is 15.3. The summed E-state index contributed by atoms with van der Waals surface area (Å²) in [7, 11) is -0.581. The van der Waals surface area contributed by atoms with Crippen molar-refractivity contribution in [3.05, 3.63) is 144 Å². The van der Waals surface area contributed by atoms with Gasteiger partial charge in [-0.15, -0.1) is 0 Å². The number of imide groups is 1. The molecule has 0 saturated carbocycles. The predicted octanol–water partition coefficient (Wildman–Crippen LogP) is 9.31. The molecule has 2 heterocycles.